The van der Waals surface area contributed by atoms with Crippen molar-refractivity contribution in [3.8, 4) is 17.2 Å². The number of ether oxygens (including phenoxy) is 2. The Bertz CT molecular complexity index is 1330. The number of aromatic nitrogens is 4. The summed E-state index contributed by atoms with van der Waals surface area (Å²) in [4.78, 5) is 29.5. The first kappa shape index (κ1) is 18.2. The van der Waals surface area contributed by atoms with Gasteiger partial charge in [-0.3, -0.25) is 14.2 Å². The van der Waals surface area contributed by atoms with Gasteiger partial charge in [-0.05, 0) is 36.4 Å². The summed E-state index contributed by atoms with van der Waals surface area (Å²) in [5.41, 5.74) is 1.30. The average molecular weight is 424 g/mol. The van der Waals surface area contributed by atoms with Crippen molar-refractivity contribution in [1.82, 2.24) is 19.3 Å². The number of anilines is 1. The second-order valence-corrected chi connectivity index (χ2v) is 7.00. The highest BCUT2D eigenvalue weighted by Gasteiger charge is 2.16. The summed E-state index contributed by atoms with van der Waals surface area (Å²) in [7, 11) is 0. The van der Waals surface area contributed by atoms with E-state index in [-0.39, 0.29) is 24.8 Å². The fourth-order valence-corrected chi connectivity index (χ4v) is 3.29. The Balaban J connectivity index is 1.38. The van der Waals surface area contributed by atoms with Gasteiger partial charge >= 0.3 is 0 Å². The molecular formula is C20H14ClN5O4. The van der Waals surface area contributed by atoms with Gasteiger partial charge in [0.15, 0.2) is 17.1 Å². The van der Waals surface area contributed by atoms with Gasteiger partial charge in [-0.25, -0.2) is 9.67 Å². The summed E-state index contributed by atoms with van der Waals surface area (Å²) < 4.78 is 13.3. The van der Waals surface area contributed by atoms with Gasteiger partial charge in [-0.15, -0.1) is 0 Å². The van der Waals surface area contributed by atoms with Crippen LogP contribution in [0.25, 0.3) is 16.7 Å². The van der Waals surface area contributed by atoms with Crippen LogP contribution in [0, 0.1) is 0 Å². The quantitative estimate of drug-likeness (QED) is 0.541. The van der Waals surface area contributed by atoms with Gasteiger partial charge in [-0.2, -0.15) is 5.10 Å². The van der Waals surface area contributed by atoms with Crippen molar-refractivity contribution in [2.75, 3.05) is 12.1 Å². The molecular weight excluding hydrogens is 410 g/mol. The molecule has 5 rings (SSSR count). The molecule has 1 N–H and O–H groups in total. The molecule has 1 amide bonds. The minimum atomic E-state index is -0.373. The number of rotatable bonds is 4. The van der Waals surface area contributed by atoms with Gasteiger partial charge < -0.3 is 14.8 Å². The van der Waals surface area contributed by atoms with Crippen LogP contribution < -0.4 is 20.3 Å². The molecule has 2 aromatic heterocycles. The summed E-state index contributed by atoms with van der Waals surface area (Å²) >= 11 is 5.92. The highest BCUT2D eigenvalue weighted by molar-refractivity contribution is 6.30. The molecule has 0 atom stereocenters. The summed E-state index contributed by atoms with van der Waals surface area (Å²) in [5.74, 6) is 0.807. The molecule has 0 unspecified atom stereocenters. The molecule has 0 radical (unpaired) electrons. The average Bonchev–Trinajstić information content (AvgIpc) is 3.37. The molecule has 0 saturated carbocycles. The monoisotopic (exact) mass is 423 g/mol. The highest BCUT2D eigenvalue weighted by atomic mass is 35.5. The lowest BCUT2D eigenvalue weighted by Crippen LogP contribution is -2.27. The molecule has 10 heteroatoms. The third kappa shape index (κ3) is 3.25. The second kappa shape index (κ2) is 7.20. The van der Waals surface area contributed by atoms with Crippen LogP contribution in [0.5, 0.6) is 11.5 Å². The van der Waals surface area contributed by atoms with Crippen molar-refractivity contribution in [3.63, 3.8) is 0 Å². The highest BCUT2D eigenvalue weighted by Crippen LogP contribution is 2.34. The van der Waals surface area contributed by atoms with Crippen molar-refractivity contribution < 1.29 is 14.3 Å². The van der Waals surface area contributed by atoms with Crippen LogP contribution in [-0.2, 0) is 11.3 Å². The Morgan fingerprint density at radius 3 is 2.77 bits per heavy atom. The molecule has 30 heavy (non-hydrogen) atoms. The van der Waals surface area contributed by atoms with Crippen LogP contribution >= 0.6 is 11.6 Å². The predicted octanol–water partition coefficient (Wildman–Crippen LogP) is 2.60. The summed E-state index contributed by atoms with van der Waals surface area (Å²) in [6.45, 7) is -0.0418. The molecule has 0 saturated heterocycles. The van der Waals surface area contributed by atoms with E-state index in [0.29, 0.717) is 33.2 Å². The van der Waals surface area contributed by atoms with E-state index >= 15 is 0 Å². The van der Waals surface area contributed by atoms with Crippen molar-refractivity contribution in [2.24, 2.45) is 0 Å². The Morgan fingerprint density at radius 2 is 1.93 bits per heavy atom. The number of fused-ring (bicyclic) bond motifs is 2. The summed E-state index contributed by atoms with van der Waals surface area (Å²) in [6.07, 6.45) is 2.77. The van der Waals surface area contributed by atoms with E-state index < -0.39 is 0 Å². The zero-order valence-corrected chi connectivity index (χ0v) is 16.2. The largest absolute Gasteiger partial charge is 0.454 e. The third-order valence-corrected chi connectivity index (χ3v) is 4.85. The van der Waals surface area contributed by atoms with Gasteiger partial charge in [0.1, 0.15) is 18.3 Å². The second-order valence-electron chi connectivity index (χ2n) is 6.56. The molecule has 4 aromatic rings. The molecule has 1 aliphatic heterocycles. The van der Waals surface area contributed by atoms with E-state index in [4.69, 9.17) is 21.1 Å². The number of hydrogen-bond acceptors (Lipinski definition) is 6. The SMILES string of the molecule is O=C(Cn1cnc2c(cnn2-c2ccc(Cl)cc2)c1=O)Nc1ccc2c(c1)OCO2. The van der Waals surface area contributed by atoms with Crippen LogP contribution in [0.1, 0.15) is 0 Å². The lowest BCUT2D eigenvalue weighted by molar-refractivity contribution is -0.116. The zero-order chi connectivity index (χ0) is 20.7. The first-order valence-electron chi connectivity index (χ1n) is 8.97. The number of halogens is 1. The zero-order valence-electron chi connectivity index (χ0n) is 15.4. The Morgan fingerprint density at radius 1 is 1.13 bits per heavy atom. The van der Waals surface area contributed by atoms with Crippen LogP contribution in [0.4, 0.5) is 5.69 Å². The van der Waals surface area contributed by atoms with Crippen LogP contribution in [-0.4, -0.2) is 32.0 Å². The first-order chi connectivity index (χ1) is 14.6. The number of carbonyl (C=O) groups is 1. The lowest BCUT2D eigenvalue weighted by Gasteiger charge is -2.08. The van der Waals surface area contributed by atoms with Gasteiger partial charge in [0.2, 0.25) is 12.7 Å². The fourth-order valence-electron chi connectivity index (χ4n) is 3.16. The molecule has 1 aliphatic rings. The lowest BCUT2D eigenvalue weighted by atomic mass is 10.3. The summed E-state index contributed by atoms with van der Waals surface area (Å²) in [5, 5.41) is 7.89. The maximum absolute atomic E-state index is 12.8. The van der Waals surface area contributed by atoms with Gasteiger partial charge in [0.25, 0.3) is 5.56 Å². The maximum atomic E-state index is 12.8. The molecule has 0 fully saturated rings. The molecule has 3 heterocycles. The molecule has 0 bridgehead atoms. The number of nitrogens with zero attached hydrogens (tertiary/aromatic N) is 4. The van der Waals surface area contributed by atoms with Crippen molar-refractivity contribution in [1.29, 1.82) is 0 Å². The van der Waals surface area contributed by atoms with E-state index in [2.05, 4.69) is 15.4 Å². The minimum absolute atomic E-state index is 0.150. The Kier molecular flexibility index (Phi) is 4.36. The number of nitrogens with one attached hydrogen (secondary N) is 1. The maximum Gasteiger partial charge on any atom is 0.264 e. The molecule has 2 aromatic carbocycles. The van der Waals surface area contributed by atoms with E-state index in [9.17, 15) is 9.59 Å². The van der Waals surface area contributed by atoms with E-state index in [1.807, 2.05) is 0 Å². The van der Waals surface area contributed by atoms with Crippen LogP contribution in [0.2, 0.25) is 5.02 Å². The molecule has 9 nitrogen and oxygen atoms in total. The van der Waals surface area contributed by atoms with Gasteiger partial charge in [-0.1, -0.05) is 11.6 Å². The molecule has 0 spiro atoms. The van der Waals surface area contributed by atoms with Crippen LogP contribution in [0.15, 0.2) is 59.8 Å². The fraction of sp³-hybridized carbons (Fsp3) is 0.100. The van der Waals surface area contributed by atoms with Gasteiger partial charge in [0.05, 0.1) is 11.9 Å². The van der Waals surface area contributed by atoms with E-state index in [0.717, 1.165) is 5.69 Å². The number of carbonyl (C=O) groups excluding carboxylic acids is 1. The normalized spacial score (nSPS) is 12.3. The smallest absolute Gasteiger partial charge is 0.264 e. The topological polar surface area (TPSA) is 100 Å². The van der Waals surface area contributed by atoms with Crippen molar-refractivity contribution in [2.45, 2.75) is 6.54 Å². The van der Waals surface area contributed by atoms with E-state index in [1.165, 1.54) is 17.1 Å². The van der Waals surface area contributed by atoms with Crippen LogP contribution in [0.3, 0.4) is 0 Å². The van der Waals surface area contributed by atoms with E-state index in [1.54, 1.807) is 47.1 Å². The molecule has 150 valence electrons. The number of benzene rings is 2. The minimum Gasteiger partial charge on any atom is -0.454 e. The van der Waals surface area contributed by atoms with Crippen molar-refractivity contribution >= 4 is 34.2 Å². The first-order valence-corrected chi connectivity index (χ1v) is 9.35. The summed E-state index contributed by atoms with van der Waals surface area (Å²) in [6, 6.07) is 12.1. The van der Waals surface area contributed by atoms with Gasteiger partial charge in [0, 0.05) is 16.8 Å². The standard InChI is InChI=1S/C20H14ClN5O4/c21-12-1-4-14(5-2-12)26-19-15(8-23-26)20(28)25(10-22-19)9-18(27)24-13-3-6-16-17(7-13)30-11-29-16/h1-8,10H,9,11H2,(H,24,27). The predicted molar refractivity (Wildman–Crippen MR) is 109 cm³/mol. The molecule has 0 aliphatic carbocycles. The number of hydrogen-bond donors (Lipinski definition) is 1. The Hall–Kier alpha value is -3.85. The third-order valence-electron chi connectivity index (χ3n) is 4.60. The number of amides is 1. The van der Waals surface area contributed by atoms with Crippen molar-refractivity contribution in [3.05, 3.63) is 70.4 Å². The Labute approximate surface area is 174 Å².